The van der Waals surface area contributed by atoms with Crippen molar-refractivity contribution < 1.29 is 9.90 Å². The van der Waals surface area contributed by atoms with E-state index in [0.717, 1.165) is 0 Å². The number of aliphatic hydroxyl groups excluding tert-OH is 1. The summed E-state index contributed by atoms with van der Waals surface area (Å²) in [7, 11) is 0. The van der Waals surface area contributed by atoms with Crippen LogP contribution < -0.4 is 11.1 Å². The van der Waals surface area contributed by atoms with Gasteiger partial charge in [0.15, 0.2) is 0 Å². The fraction of sp³-hybridized carbons (Fsp3) is 0.923. The Morgan fingerprint density at radius 3 is 2.06 bits per heavy atom. The van der Waals surface area contributed by atoms with Gasteiger partial charge in [0.1, 0.15) is 0 Å². The van der Waals surface area contributed by atoms with Gasteiger partial charge in [-0.3, -0.25) is 4.79 Å². The lowest BCUT2D eigenvalue weighted by Crippen LogP contribution is -2.50. The fourth-order valence-corrected chi connectivity index (χ4v) is 1.50. The third-order valence-corrected chi connectivity index (χ3v) is 2.58. The topological polar surface area (TPSA) is 75.3 Å². The summed E-state index contributed by atoms with van der Waals surface area (Å²) in [4.78, 5) is 11.7. The zero-order valence-corrected chi connectivity index (χ0v) is 12.0. The van der Waals surface area contributed by atoms with Gasteiger partial charge >= 0.3 is 0 Å². The van der Waals surface area contributed by atoms with Gasteiger partial charge < -0.3 is 16.2 Å². The molecule has 0 saturated heterocycles. The lowest BCUT2D eigenvalue weighted by molar-refractivity contribution is -0.125. The van der Waals surface area contributed by atoms with Crippen LogP contribution in [0.1, 0.15) is 48.0 Å². The number of rotatable bonds is 4. The van der Waals surface area contributed by atoms with Gasteiger partial charge in [-0.25, -0.2) is 0 Å². The number of carbonyl (C=O) groups is 1. The average Bonchev–Trinajstić information content (AvgIpc) is 2.08. The third-order valence-electron chi connectivity index (χ3n) is 2.58. The summed E-state index contributed by atoms with van der Waals surface area (Å²) in [5, 5.41) is 12.5. The smallest absolute Gasteiger partial charge is 0.237 e. The van der Waals surface area contributed by atoms with Gasteiger partial charge in [0.25, 0.3) is 0 Å². The molecule has 17 heavy (non-hydrogen) atoms. The van der Waals surface area contributed by atoms with Crippen LogP contribution in [-0.2, 0) is 4.79 Å². The Bertz CT molecular complexity index is 251. The van der Waals surface area contributed by atoms with E-state index in [9.17, 15) is 9.90 Å². The number of hydrogen-bond acceptors (Lipinski definition) is 3. The molecular formula is C13H28N2O2. The standard InChI is InChI=1S/C13H28N2O2/c1-12(2,3)7-9(16)8-15-11(17)10(14)13(4,5)6/h9-10,16H,7-8,14H2,1-6H3,(H,15,17)/t9?,10-/m1/s1. The highest BCUT2D eigenvalue weighted by atomic mass is 16.3. The maximum absolute atomic E-state index is 11.7. The Kier molecular flexibility index (Phi) is 5.62. The molecule has 0 aromatic rings. The molecule has 0 aliphatic rings. The molecule has 1 unspecified atom stereocenters. The van der Waals surface area contributed by atoms with Crippen molar-refractivity contribution in [3.8, 4) is 0 Å². The van der Waals surface area contributed by atoms with Crippen molar-refractivity contribution >= 4 is 5.91 Å². The number of aliphatic hydroxyl groups is 1. The summed E-state index contributed by atoms with van der Waals surface area (Å²) >= 11 is 0. The highest BCUT2D eigenvalue weighted by Crippen LogP contribution is 2.20. The Morgan fingerprint density at radius 2 is 1.71 bits per heavy atom. The van der Waals surface area contributed by atoms with Crippen LogP contribution in [0.25, 0.3) is 0 Å². The van der Waals surface area contributed by atoms with Gasteiger partial charge in [-0.15, -0.1) is 0 Å². The number of carbonyl (C=O) groups excluding carboxylic acids is 1. The number of nitrogens with one attached hydrogen (secondary N) is 1. The largest absolute Gasteiger partial charge is 0.391 e. The van der Waals surface area contributed by atoms with Gasteiger partial charge in [-0.05, 0) is 17.3 Å². The van der Waals surface area contributed by atoms with Crippen molar-refractivity contribution in [1.29, 1.82) is 0 Å². The SMILES string of the molecule is CC(C)(C)CC(O)CNC(=O)[C@@H](N)C(C)(C)C. The quantitative estimate of drug-likeness (QED) is 0.697. The molecule has 0 fully saturated rings. The van der Waals surface area contributed by atoms with Crippen LogP contribution in [0, 0.1) is 10.8 Å². The molecule has 0 aliphatic heterocycles. The molecule has 4 nitrogen and oxygen atoms in total. The molecule has 0 rings (SSSR count). The van der Waals surface area contributed by atoms with Gasteiger partial charge in [0.05, 0.1) is 12.1 Å². The molecule has 4 N–H and O–H groups in total. The molecule has 0 spiro atoms. The van der Waals surface area contributed by atoms with Gasteiger partial charge in [0.2, 0.25) is 5.91 Å². The van der Waals surface area contributed by atoms with E-state index >= 15 is 0 Å². The molecule has 0 radical (unpaired) electrons. The molecule has 0 heterocycles. The summed E-state index contributed by atoms with van der Waals surface area (Å²) < 4.78 is 0. The summed E-state index contributed by atoms with van der Waals surface area (Å²) in [5.74, 6) is -0.203. The molecule has 0 aromatic carbocycles. The van der Waals surface area contributed by atoms with E-state index in [1.54, 1.807) is 0 Å². The lowest BCUT2D eigenvalue weighted by atomic mass is 9.86. The van der Waals surface area contributed by atoms with Crippen LogP contribution in [0.5, 0.6) is 0 Å². The minimum absolute atomic E-state index is 0.0519. The fourth-order valence-electron chi connectivity index (χ4n) is 1.50. The maximum Gasteiger partial charge on any atom is 0.237 e. The first-order valence-electron chi connectivity index (χ1n) is 6.15. The highest BCUT2D eigenvalue weighted by molar-refractivity contribution is 5.82. The van der Waals surface area contributed by atoms with Gasteiger partial charge in [-0.2, -0.15) is 0 Å². The van der Waals surface area contributed by atoms with E-state index in [2.05, 4.69) is 26.1 Å². The number of amides is 1. The van der Waals surface area contributed by atoms with E-state index in [0.29, 0.717) is 6.42 Å². The van der Waals surface area contributed by atoms with Gasteiger partial charge in [0, 0.05) is 6.54 Å². The molecule has 0 aliphatic carbocycles. The average molecular weight is 244 g/mol. The van der Waals surface area contributed by atoms with Crippen LogP contribution in [0.2, 0.25) is 0 Å². The molecule has 1 amide bonds. The van der Waals surface area contributed by atoms with E-state index < -0.39 is 12.1 Å². The van der Waals surface area contributed by atoms with Crippen molar-refractivity contribution in [1.82, 2.24) is 5.32 Å². The third kappa shape index (κ3) is 7.34. The van der Waals surface area contributed by atoms with Crippen molar-refractivity contribution in [3.63, 3.8) is 0 Å². The zero-order chi connectivity index (χ0) is 13.9. The first kappa shape index (κ1) is 16.4. The van der Waals surface area contributed by atoms with Crippen molar-refractivity contribution in [2.75, 3.05) is 6.54 Å². The Balaban J connectivity index is 4.09. The Labute approximate surface area is 105 Å². The van der Waals surface area contributed by atoms with Crippen LogP contribution in [-0.4, -0.2) is 29.7 Å². The van der Waals surface area contributed by atoms with E-state index in [1.165, 1.54) is 0 Å². The molecule has 0 saturated carbocycles. The molecule has 0 aromatic heterocycles. The number of hydrogen-bond donors (Lipinski definition) is 3. The second kappa shape index (κ2) is 5.83. The van der Waals surface area contributed by atoms with Crippen LogP contribution in [0.3, 0.4) is 0 Å². The number of nitrogens with two attached hydrogens (primary N) is 1. The maximum atomic E-state index is 11.7. The zero-order valence-electron chi connectivity index (χ0n) is 12.0. The van der Waals surface area contributed by atoms with Crippen LogP contribution in [0.4, 0.5) is 0 Å². The first-order chi connectivity index (χ1) is 7.43. The first-order valence-corrected chi connectivity index (χ1v) is 6.15. The molecule has 4 heteroatoms. The van der Waals surface area contributed by atoms with Crippen LogP contribution >= 0.6 is 0 Å². The summed E-state index contributed by atoms with van der Waals surface area (Å²) in [6.45, 7) is 12.2. The predicted octanol–water partition coefficient (Wildman–Crippen LogP) is 1.27. The van der Waals surface area contributed by atoms with Crippen LogP contribution in [0.15, 0.2) is 0 Å². The van der Waals surface area contributed by atoms with Gasteiger partial charge in [-0.1, -0.05) is 41.5 Å². The van der Waals surface area contributed by atoms with Crippen molar-refractivity contribution in [2.24, 2.45) is 16.6 Å². The lowest BCUT2D eigenvalue weighted by Gasteiger charge is -2.27. The highest BCUT2D eigenvalue weighted by Gasteiger charge is 2.27. The Hall–Kier alpha value is -0.610. The normalized spacial score (nSPS) is 16.5. The predicted molar refractivity (Wildman–Crippen MR) is 70.5 cm³/mol. The second-order valence-corrected chi connectivity index (χ2v) is 7.01. The molecule has 2 atom stereocenters. The molecule has 0 bridgehead atoms. The monoisotopic (exact) mass is 244 g/mol. The minimum atomic E-state index is -0.552. The van der Waals surface area contributed by atoms with E-state index in [-0.39, 0.29) is 23.3 Å². The van der Waals surface area contributed by atoms with E-state index in [1.807, 2.05) is 20.8 Å². The molecule has 102 valence electrons. The van der Waals surface area contributed by atoms with Crippen molar-refractivity contribution in [3.05, 3.63) is 0 Å². The van der Waals surface area contributed by atoms with E-state index in [4.69, 9.17) is 5.73 Å². The summed E-state index contributed by atoms with van der Waals surface area (Å²) in [6, 6.07) is -0.552. The van der Waals surface area contributed by atoms with Crippen molar-refractivity contribution in [2.45, 2.75) is 60.1 Å². The second-order valence-electron chi connectivity index (χ2n) is 7.01. The Morgan fingerprint density at radius 1 is 1.24 bits per heavy atom. The summed E-state index contributed by atoms with van der Waals surface area (Å²) in [6.07, 6.45) is 0.129. The minimum Gasteiger partial charge on any atom is -0.391 e. The molecular weight excluding hydrogens is 216 g/mol. The summed E-state index contributed by atoms with van der Waals surface area (Å²) in [5.41, 5.74) is 5.60.